The SMILES string of the molecule is CO[Si](C)(C)CCCCCCl. The van der Waals surface area contributed by atoms with Gasteiger partial charge in [0.05, 0.1) is 0 Å². The fraction of sp³-hybridized carbons (Fsp3) is 1.00. The van der Waals surface area contributed by atoms with Gasteiger partial charge in [-0.2, -0.15) is 0 Å². The summed E-state index contributed by atoms with van der Waals surface area (Å²) in [5.74, 6) is 0.801. The van der Waals surface area contributed by atoms with Gasteiger partial charge in [-0.25, -0.2) is 0 Å². The van der Waals surface area contributed by atoms with Crippen LogP contribution in [-0.4, -0.2) is 21.3 Å². The minimum atomic E-state index is -1.27. The Hall–Kier alpha value is 0.467. The van der Waals surface area contributed by atoms with Crippen molar-refractivity contribution >= 4 is 19.9 Å². The highest BCUT2D eigenvalue weighted by molar-refractivity contribution is 6.71. The summed E-state index contributed by atoms with van der Waals surface area (Å²) in [5, 5.41) is 0. The topological polar surface area (TPSA) is 9.23 Å². The summed E-state index contributed by atoms with van der Waals surface area (Å²) in [4.78, 5) is 0. The molecular weight excluding hydrogens is 176 g/mol. The van der Waals surface area contributed by atoms with Crippen LogP contribution in [0.3, 0.4) is 0 Å². The van der Waals surface area contributed by atoms with Crippen LogP contribution in [0.4, 0.5) is 0 Å². The van der Waals surface area contributed by atoms with Gasteiger partial charge in [-0.1, -0.05) is 12.8 Å². The van der Waals surface area contributed by atoms with Crippen LogP contribution in [0.1, 0.15) is 19.3 Å². The molecule has 0 N–H and O–H groups in total. The summed E-state index contributed by atoms with van der Waals surface area (Å²) in [5.41, 5.74) is 0. The highest BCUT2D eigenvalue weighted by Gasteiger charge is 2.18. The Morgan fingerprint density at radius 1 is 1.18 bits per heavy atom. The Morgan fingerprint density at radius 3 is 2.27 bits per heavy atom. The lowest BCUT2D eigenvalue weighted by Gasteiger charge is -2.19. The maximum absolute atomic E-state index is 5.57. The number of halogens is 1. The summed E-state index contributed by atoms with van der Waals surface area (Å²) < 4.78 is 5.42. The summed E-state index contributed by atoms with van der Waals surface area (Å²) in [6, 6.07) is 1.26. The van der Waals surface area contributed by atoms with Crippen LogP contribution in [0, 0.1) is 0 Å². The predicted molar refractivity (Wildman–Crippen MR) is 53.9 cm³/mol. The van der Waals surface area contributed by atoms with Crippen LogP contribution in [0.25, 0.3) is 0 Å². The molecule has 0 aliphatic heterocycles. The molecule has 0 saturated heterocycles. The lowest BCUT2D eigenvalue weighted by molar-refractivity contribution is 0.401. The molecule has 0 aliphatic rings. The molecule has 0 fully saturated rings. The van der Waals surface area contributed by atoms with Gasteiger partial charge in [0, 0.05) is 13.0 Å². The minimum Gasteiger partial charge on any atom is -0.420 e. The molecular formula is C8H19ClOSi. The molecule has 0 bridgehead atoms. The van der Waals surface area contributed by atoms with Gasteiger partial charge in [0.25, 0.3) is 0 Å². The van der Waals surface area contributed by atoms with Crippen molar-refractivity contribution in [1.29, 1.82) is 0 Å². The molecule has 0 heterocycles. The Kier molecular flexibility index (Phi) is 6.29. The van der Waals surface area contributed by atoms with Crippen molar-refractivity contribution in [2.75, 3.05) is 13.0 Å². The van der Waals surface area contributed by atoms with E-state index in [4.69, 9.17) is 16.0 Å². The molecule has 0 atom stereocenters. The third-order valence-corrected chi connectivity index (χ3v) is 4.90. The van der Waals surface area contributed by atoms with Crippen molar-refractivity contribution in [3.05, 3.63) is 0 Å². The van der Waals surface area contributed by atoms with Crippen molar-refractivity contribution in [1.82, 2.24) is 0 Å². The van der Waals surface area contributed by atoms with E-state index in [2.05, 4.69) is 13.1 Å². The van der Waals surface area contributed by atoms with E-state index < -0.39 is 8.32 Å². The predicted octanol–water partition coefficient (Wildman–Crippen LogP) is 3.25. The van der Waals surface area contributed by atoms with Crippen LogP contribution in [-0.2, 0) is 4.43 Å². The van der Waals surface area contributed by atoms with Gasteiger partial charge in [-0.3, -0.25) is 0 Å². The molecule has 1 nitrogen and oxygen atoms in total. The van der Waals surface area contributed by atoms with Crippen molar-refractivity contribution in [3.63, 3.8) is 0 Å². The first-order valence-electron chi connectivity index (χ1n) is 4.23. The van der Waals surface area contributed by atoms with Crippen molar-refractivity contribution in [3.8, 4) is 0 Å². The first-order chi connectivity index (χ1) is 5.12. The van der Waals surface area contributed by atoms with Crippen LogP contribution in [0.2, 0.25) is 19.1 Å². The molecule has 0 amide bonds. The van der Waals surface area contributed by atoms with E-state index in [1.165, 1.54) is 18.9 Å². The maximum atomic E-state index is 5.57. The van der Waals surface area contributed by atoms with Gasteiger partial charge in [0.2, 0.25) is 0 Å². The summed E-state index contributed by atoms with van der Waals surface area (Å²) >= 11 is 5.57. The molecule has 0 spiro atoms. The molecule has 0 aliphatic carbocycles. The van der Waals surface area contributed by atoms with Crippen LogP contribution >= 0.6 is 11.6 Å². The minimum absolute atomic E-state index is 0.801. The van der Waals surface area contributed by atoms with E-state index in [-0.39, 0.29) is 0 Å². The molecule has 0 aromatic carbocycles. The van der Waals surface area contributed by atoms with E-state index in [1.807, 2.05) is 7.11 Å². The number of hydrogen-bond acceptors (Lipinski definition) is 1. The fourth-order valence-electron chi connectivity index (χ4n) is 0.924. The van der Waals surface area contributed by atoms with Gasteiger partial charge in [0.15, 0.2) is 8.32 Å². The number of rotatable bonds is 6. The number of hydrogen-bond donors (Lipinski definition) is 0. The Balaban J connectivity index is 3.23. The van der Waals surface area contributed by atoms with Gasteiger partial charge < -0.3 is 4.43 Å². The Morgan fingerprint density at radius 2 is 1.82 bits per heavy atom. The summed E-state index contributed by atoms with van der Waals surface area (Å²) in [6.45, 7) is 4.52. The third kappa shape index (κ3) is 6.85. The first kappa shape index (κ1) is 11.5. The molecule has 0 radical (unpaired) electrons. The lowest BCUT2D eigenvalue weighted by Crippen LogP contribution is -2.27. The molecule has 68 valence electrons. The standard InChI is InChI=1S/C8H19ClOSi/c1-10-11(2,3)8-6-4-5-7-9/h4-8H2,1-3H3. The monoisotopic (exact) mass is 194 g/mol. The summed E-state index contributed by atoms with van der Waals surface area (Å²) in [6.07, 6.45) is 3.68. The summed E-state index contributed by atoms with van der Waals surface area (Å²) in [7, 11) is 0.557. The van der Waals surface area contributed by atoms with E-state index >= 15 is 0 Å². The molecule has 0 aromatic rings. The van der Waals surface area contributed by atoms with E-state index in [1.54, 1.807) is 0 Å². The van der Waals surface area contributed by atoms with Crippen LogP contribution in [0.15, 0.2) is 0 Å². The van der Waals surface area contributed by atoms with Crippen LogP contribution in [0.5, 0.6) is 0 Å². The Bertz CT molecular complexity index is 96.1. The van der Waals surface area contributed by atoms with Gasteiger partial charge in [-0.15, -0.1) is 11.6 Å². The van der Waals surface area contributed by atoms with Crippen molar-refractivity contribution in [2.45, 2.75) is 38.4 Å². The average Bonchev–Trinajstić information content (AvgIpc) is 1.99. The van der Waals surface area contributed by atoms with Crippen LogP contribution < -0.4 is 0 Å². The lowest BCUT2D eigenvalue weighted by atomic mass is 10.3. The molecule has 0 rings (SSSR count). The first-order valence-corrected chi connectivity index (χ1v) is 7.88. The van der Waals surface area contributed by atoms with Gasteiger partial charge in [0.1, 0.15) is 0 Å². The number of unbranched alkanes of at least 4 members (excludes halogenated alkanes) is 2. The second kappa shape index (κ2) is 6.04. The van der Waals surface area contributed by atoms with E-state index in [9.17, 15) is 0 Å². The highest BCUT2D eigenvalue weighted by Crippen LogP contribution is 2.14. The second-order valence-electron chi connectivity index (χ2n) is 3.46. The maximum Gasteiger partial charge on any atom is 0.186 e. The molecule has 0 aromatic heterocycles. The van der Waals surface area contributed by atoms with E-state index in [0.717, 1.165) is 12.3 Å². The average molecular weight is 195 g/mol. The Labute approximate surface area is 76.2 Å². The quantitative estimate of drug-likeness (QED) is 0.359. The molecule has 11 heavy (non-hydrogen) atoms. The zero-order valence-electron chi connectivity index (χ0n) is 7.82. The fourth-order valence-corrected chi connectivity index (χ4v) is 2.42. The molecule has 0 unspecified atom stereocenters. The third-order valence-electron chi connectivity index (χ3n) is 1.97. The largest absolute Gasteiger partial charge is 0.420 e. The van der Waals surface area contributed by atoms with Crippen molar-refractivity contribution < 1.29 is 4.43 Å². The van der Waals surface area contributed by atoms with Crippen molar-refractivity contribution in [2.24, 2.45) is 0 Å². The zero-order valence-corrected chi connectivity index (χ0v) is 9.58. The second-order valence-corrected chi connectivity index (χ2v) is 8.27. The van der Waals surface area contributed by atoms with Gasteiger partial charge in [-0.05, 0) is 25.6 Å². The molecule has 3 heteroatoms. The zero-order chi connectivity index (χ0) is 8.74. The normalized spacial score (nSPS) is 12.0. The number of alkyl halides is 1. The van der Waals surface area contributed by atoms with E-state index in [0.29, 0.717) is 0 Å². The molecule has 0 saturated carbocycles. The van der Waals surface area contributed by atoms with Gasteiger partial charge >= 0.3 is 0 Å². The smallest absolute Gasteiger partial charge is 0.186 e. The highest BCUT2D eigenvalue weighted by atomic mass is 35.5.